The fourth-order valence-corrected chi connectivity index (χ4v) is 1.99. The van der Waals surface area contributed by atoms with Crippen LogP contribution in [0.5, 0.6) is 11.5 Å². The molecule has 0 radical (unpaired) electrons. The molecular formula is C17H16N2O6. The minimum atomic E-state index is -0.546. The molecule has 0 bridgehead atoms. The van der Waals surface area contributed by atoms with Gasteiger partial charge in [-0.25, -0.2) is 0 Å². The minimum Gasteiger partial charge on any atom is -0.493 e. The number of ether oxygens (including phenoxy) is 2. The molecule has 0 saturated heterocycles. The van der Waals surface area contributed by atoms with E-state index in [0.717, 1.165) is 0 Å². The molecule has 0 aromatic heterocycles. The lowest BCUT2D eigenvalue weighted by Gasteiger charge is -2.11. The van der Waals surface area contributed by atoms with Crippen LogP contribution in [0.4, 0.5) is 11.4 Å². The molecular weight excluding hydrogens is 328 g/mol. The summed E-state index contributed by atoms with van der Waals surface area (Å²) in [5, 5.41) is 13.3. The van der Waals surface area contributed by atoms with E-state index in [1.54, 1.807) is 13.0 Å². The molecule has 0 spiro atoms. The summed E-state index contributed by atoms with van der Waals surface area (Å²) >= 11 is 0. The molecule has 0 unspecified atom stereocenters. The van der Waals surface area contributed by atoms with Crippen molar-refractivity contribution in [2.75, 3.05) is 12.4 Å². The summed E-state index contributed by atoms with van der Waals surface area (Å²) in [6, 6.07) is 9.94. The number of nitrogens with one attached hydrogen (secondary N) is 1. The summed E-state index contributed by atoms with van der Waals surface area (Å²) in [7, 11) is 1.39. The van der Waals surface area contributed by atoms with Crippen molar-refractivity contribution in [3.63, 3.8) is 0 Å². The van der Waals surface area contributed by atoms with E-state index in [4.69, 9.17) is 9.47 Å². The van der Waals surface area contributed by atoms with Gasteiger partial charge in [0.15, 0.2) is 11.5 Å². The average Bonchev–Trinajstić information content (AvgIpc) is 2.61. The van der Waals surface area contributed by atoms with Crippen molar-refractivity contribution < 1.29 is 24.0 Å². The molecule has 0 heterocycles. The van der Waals surface area contributed by atoms with Crippen molar-refractivity contribution in [1.82, 2.24) is 0 Å². The highest BCUT2D eigenvalue weighted by atomic mass is 16.6. The zero-order chi connectivity index (χ0) is 18.4. The average molecular weight is 344 g/mol. The molecule has 0 fully saturated rings. The van der Waals surface area contributed by atoms with Crippen LogP contribution in [0, 0.1) is 10.1 Å². The van der Waals surface area contributed by atoms with Gasteiger partial charge < -0.3 is 14.8 Å². The Bertz CT molecular complexity index is 819. The van der Waals surface area contributed by atoms with Crippen molar-refractivity contribution >= 4 is 23.3 Å². The van der Waals surface area contributed by atoms with Crippen LogP contribution < -0.4 is 14.8 Å². The minimum absolute atomic E-state index is 0.128. The summed E-state index contributed by atoms with van der Waals surface area (Å²) in [5.41, 5.74) is 0.413. The Hall–Kier alpha value is -3.42. The standard InChI is InChI=1S/C17H16N2O6/c1-3-16(20)25-14-8-7-11(9-15(14)24-2)17(21)18-12-5-4-6-13(10-12)19(22)23/h4-10H,3H2,1-2H3,(H,18,21). The van der Waals surface area contributed by atoms with Crippen molar-refractivity contribution in [3.05, 3.63) is 58.1 Å². The number of nitrogens with zero attached hydrogens (tertiary/aromatic N) is 1. The summed E-state index contributed by atoms with van der Waals surface area (Å²) in [4.78, 5) is 33.9. The molecule has 8 heteroatoms. The molecule has 1 amide bonds. The normalized spacial score (nSPS) is 10.0. The van der Waals surface area contributed by atoms with Gasteiger partial charge in [-0.2, -0.15) is 0 Å². The predicted octanol–water partition coefficient (Wildman–Crippen LogP) is 3.17. The predicted molar refractivity (Wildman–Crippen MR) is 90.0 cm³/mol. The van der Waals surface area contributed by atoms with Crippen LogP contribution in [0.3, 0.4) is 0 Å². The van der Waals surface area contributed by atoms with Gasteiger partial charge >= 0.3 is 5.97 Å². The fourth-order valence-electron chi connectivity index (χ4n) is 1.99. The van der Waals surface area contributed by atoms with E-state index >= 15 is 0 Å². The Labute approximate surface area is 143 Å². The lowest BCUT2D eigenvalue weighted by molar-refractivity contribution is -0.384. The van der Waals surface area contributed by atoms with Crippen LogP contribution in [0.15, 0.2) is 42.5 Å². The Morgan fingerprint density at radius 3 is 2.56 bits per heavy atom. The molecule has 8 nitrogen and oxygen atoms in total. The van der Waals surface area contributed by atoms with Crippen molar-refractivity contribution in [3.8, 4) is 11.5 Å². The van der Waals surface area contributed by atoms with Gasteiger partial charge in [-0.05, 0) is 24.3 Å². The number of methoxy groups -OCH3 is 1. The summed E-state index contributed by atoms with van der Waals surface area (Å²) in [6.45, 7) is 1.66. The SMILES string of the molecule is CCC(=O)Oc1ccc(C(=O)Nc2cccc([N+](=O)[O-])c2)cc1OC. The van der Waals surface area contributed by atoms with Gasteiger partial charge in [0.05, 0.1) is 12.0 Å². The number of hydrogen-bond acceptors (Lipinski definition) is 6. The molecule has 0 aliphatic rings. The number of hydrogen-bond donors (Lipinski definition) is 1. The number of benzene rings is 2. The number of esters is 1. The van der Waals surface area contributed by atoms with Crippen LogP contribution >= 0.6 is 0 Å². The smallest absolute Gasteiger partial charge is 0.311 e. The Morgan fingerprint density at radius 1 is 1.16 bits per heavy atom. The Morgan fingerprint density at radius 2 is 1.92 bits per heavy atom. The van der Waals surface area contributed by atoms with Crippen molar-refractivity contribution in [2.45, 2.75) is 13.3 Å². The number of nitro benzene ring substituents is 1. The third-order valence-corrected chi connectivity index (χ3v) is 3.25. The number of carbonyl (C=O) groups is 2. The van der Waals surface area contributed by atoms with Gasteiger partial charge in [0.25, 0.3) is 11.6 Å². The summed E-state index contributed by atoms with van der Waals surface area (Å²) < 4.78 is 10.2. The largest absolute Gasteiger partial charge is 0.493 e. The molecule has 2 aromatic carbocycles. The van der Waals surface area contributed by atoms with Crippen LogP contribution in [0.1, 0.15) is 23.7 Å². The second kappa shape index (κ2) is 7.91. The summed E-state index contributed by atoms with van der Waals surface area (Å²) in [6.07, 6.45) is 0.207. The number of carbonyl (C=O) groups excluding carboxylic acids is 2. The lowest BCUT2D eigenvalue weighted by atomic mass is 10.1. The van der Waals surface area contributed by atoms with Crippen molar-refractivity contribution in [1.29, 1.82) is 0 Å². The number of anilines is 1. The van der Waals surface area contributed by atoms with Crippen LogP contribution in [0.2, 0.25) is 0 Å². The highest BCUT2D eigenvalue weighted by molar-refractivity contribution is 6.04. The second-order valence-electron chi connectivity index (χ2n) is 4.95. The number of amides is 1. The van der Waals surface area contributed by atoms with Gasteiger partial charge in [0.2, 0.25) is 0 Å². The van der Waals surface area contributed by atoms with Crippen LogP contribution in [0.25, 0.3) is 0 Å². The first-order chi connectivity index (χ1) is 11.9. The van der Waals surface area contributed by atoms with Gasteiger partial charge in [-0.1, -0.05) is 13.0 Å². The van der Waals surface area contributed by atoms with E-state index in [2.05, 4.69) is 5.32 Å². The van der Waals surface area contributed by atoms with Crippen LogP contribution in [-0.4, -0.2) is 23.9 Å². The maximum absolute atomic E-state index is 12.3. The zero-order valence-corrected chi connectivity index (χ0v) is 13.6. The zero-order valence-electron chi connectivity index (χ0n) is 13.6. The number of rotatable bonds is 6. The third kappa shape index (κ3) is 4.54. The highest BCUT2D eigenvalue weighted by Crippen LogP contribution is 2.29. The number of nitro groups is 1. The van der Waals surface area contributed by atoms with Gasteiger partial charge in [0, 0.05) is 29.8 Å². The van der Waals surface area contributed by atoms with Crippen molar-refractivity contribution in [2.24, 2.45) is 0 Å². The van der Waals surface area contributed by atoms with Crippen LogP contribution in [-0.2, 0) is 4.79 Å². The molecule has 0 aliphatic carbocycles. The van der Waals surface area contributed by atoms with Gasteiger partial charge in [0.1, 0.15) is 0 Å². The highest BCUT2D eigenvalue weighted by Gasteiger charge is 2.14. The fraction of sp³-hybridized carbons (Fsp3) is 0.176. The lowest BCUT2D eigenvalue weighted by Crippen LogP contribution is -2.13. The third-order valence-electron chi connectivity index (χ3n) is 3.25. The first kappa shape index (κ1) is 17.9. The molecule has 0 aliphatic heterocycles. The monoisotopic (exact) mass is 344 g/mol. The molecule has 2 aromatic rings. The Balaban J connectivity index is 2.20. The topological polar surface area (TPSA) is 108 Å². The first-order valence-electron chi connectivity index (χ1n) is 7.39. The van der Waals surface area contributed by atoms with E-state index in [-0.39, 0.29) is 29.2 Å². The van der Waals surface area contributed by atoms with E-state index in [0.29, 0.717) is 5.69 Å². The molecule has 2 rings (SSSR count). The summed E-state index contributed by atoms with van der Waals surface area (Å²) in [5.74, 6) is -0.464. The molecule has 130 valence electrons. The van der Waals surface area contributed by atoms with E-state index in [1.165, 1.54) is 43.5 Å². The van der Waals surface area contributed by atoms with E-state index < -0.39 is 16.8 Å². The molecule has 0 atom stereocenters. The maximum atomic E-state index is 12.3. The maximum Gasteiger partial charge on any atom is 0.311 e. The van der Waals surface area contributed by atoms with Gasteiger partial charge in [-0.3, -0.25) is 19.7 Å². The molecule has 1 N–H and O–H groups in total. The van der Waals surface area contributed by atoms with Gasteiger partial charge in [-0.15, -0.1) is 0 Å². The molecule has 0 saturated carbocycles. The van der Waals surface area contributed by atoms with E-state index in [1.807, 2.05) is 0 Å². The quantitative estimate of drug-likeness (QED) is 0.373. The number of non-ortho nitro benzene ring substituents is 1. The van der Waals surface area contributed by atoms with E-state index in [9.17, 15) is 19.7 Å². The second-order valence-corrected chi connectivity index (χ2v) is 4.95. The molecule has 25 heavy (non-hydrogen) atoms. The first-order valence-corrected chi connectivity index (χ1v) is 7.39. The Kier molecular flexibility index (Phi) is 5.67.